The molecule has 3 aliphatic heterocycles. The Morgan fingerprint density at radius 3 is 2.65 bits per heavy atom. The molecule has 1 aromatic carbocycles. The number of hydrogen-bond donors (Lipinski definition) is 1. The lowest BCUT2D eigenvalue weighted by Crippen LogP contribution is -2.47. The van der Waals surface area contributed by atoms with Gasteiger partial charge in [-0.1, -0.05) is 12.5 Å². The number of nitrogens with zero attached hydrogens (tertiary/aromatic N) is 3. The van der Waals surface area contributed by atoms with Crippen molar-refractivity contribution in [2.24, 2.45) is 17.6 Å². The Hall–Kier alpha value is -3.38. The number of unbranched alkanes of at least 4 members (excludes halogenated alkanes) is 1. The van der Waals surface area contributed by atoms with Crippen LogP contribution in [0.2, 0.25) is 0 Å². The molecule has 3 aliphatic rings. The molecule has 0 aliphatic carbocycles. The third kappa shape index (κ3) is 5.64. The minimum Gasteiger partial charge on any atom is -0.404 e. The van der Waals surface area contributed by atoms with Gasteiger partial charge in [-0.05, 0) is 105 Å². The van der Waals surface area contributed by atoms with Crippen molar-refractivity contribution in [2.75, 3.05) is 19.6 Å². The summed E-state index contributed by atoms with van der Waals surface area (Å²) in [5, 5.41) is 0. The van der Waals surface area contributed by atoms with E-state index in [9.17, 15) is 9.18 Å². The molecule has 192 valence electrons. The predicted molar refractivity (Wildman–Crippen MR) is 146 cm³/mol. The third-order valence-electron chi connectivity index (χ3n) is 8.07. The zero-order valence-electron chi connectivity index (χ0n) is 21.5. The summed E-state index contributed by atoms with van der Waals surface area (Å²) in [4.78, 5) is 24.8. The van der Waals surface area contributed by atoms with Gasteiger partial charge in [-0.25, -0.2) is 4.39 Å². The van der Waals surface area contributed by atoms with Crippen LogP contribution in [0.15, 0.2) is 61.1 Å². The minimum absolute atomic E-state index is 0.0293. The summed E-state index contributed by atoms with van der Waals surface area (Å²) in [5.74, 6) is 1.46. The number of rotatable bonds is 9. The van der Waals surface area contributed by atoms with E-state index >= 15 is 0 Å². The van der Waals surface area contributed by atoms with E-state index in [1.54, 1.807) is 31.5 Å². The van der Waals surface area contributed by atoms with Crippen molar-refractivity contribution in [3.8, 4) is 22.4 Å². The van der Waals surface area contributed by atoms with Gasteiger partial charge in [0.1, 0.15) is 5.82 Å². The van der Waals surface area contributed by atoms with E-state index in [-0.39, 0.29) is 11.6 Å². The van der Waals surface area contributed by atoms with Gasteiger partial charge in [0.25, 0.3) is 0 Å². The molecular formula is C31H35FN4O. The number of benzene rings is 1. The monoisotopic (exact) mass is 498 g/mol. The average molecular weight is 499 g/mol. The second kappa shape index (κ2) is 11.3. The summed E-state index contributed by atoms with van der Waals surface area (Å²) in [5.41, 5.74) is 10.9. The number of piperidine rings is 3. The summed E-state index contributed by atoms with van der Waals surface area (Å²) in [6, 6.07) is 12.6. The van der Waals surface area contributed by atoms with Gasteiger partial charge in [-0.15, -0.1) is 0 Å². The van der Waals surface area contributed by atoms with Crippen LogP contribution < -0.4 is 5.73 Å². The molecular weight excluding hydrogens is 463 g/mol. The largest absolute Gasteiger partial charge is 0.404 e. The van der Waals surface area contributed by atoms with Crippen LogP contribution in [0.3, 0.4) is 0 Å². The quantitative estimate of drug-likeness (QED) is 0.288. The Bertz CT molecular complexity index is 1300. The van der Waals surface area contributed by atoms with Crippen LogP contribution in [0, 0.1) is 24.6 Å². The van der Waals surface area contributed by atoms with E-state index in [1.807, 2.05) is 24.3 Å². The van der Waals surface area contributed by atoms with Crippen molar-refractivity contribution >= 4 is 11.4 Å². The fourth-order valence-corrected chi connectivity index (χ4v) is 5.97. The fraction of sp³-hybridized carbons (Fsp3) is 0.387. The van der Waals surface area contributed by atoms with E-state index in [0.717, 1.165) is 47.1 Å². The molecule has 0 amide bonds. The summed E-state index contributed by atoms with van der Waals surface area (Å²) in [6.45, 7) is 5.51. The summed E-state index contributed by atoms with van der Waals surface area (Å²) >= 11 is 0. The van der Waals surface area contributed by atoms with Crippen LogP contribution in [0.1, 0.15) is 49.8 Å². The standard InChI is InChI=1S/C31H35FN4O/c1-21-17-24(8-9-28(21)32)31-26(6-4-13-35-31)23-10-14-34-29(18-23)27(19-33)30(37)7-3-2-5-25-20-36-15-11-22(25)12-16-36/h4,6,8-10,13-14,17-19,22,25H,2-3,5,7,11-12,15-16,20,33H2,1H3. The van der Waals surface area contributed by atoms with Crippen molar-refractivity contribution in [2.45, 2.75) is 45.4 Å². The van der Waals surface area contributed by atoms with Crippen molar-refractivity contribution in [1.29, 1.82) is 0 Å². The first-order chi connectivity index (χ1) is 18.0. The van der Waals surface area contributed by atoms with Crippen molar-refractivity contribution in [3.05, 3.63) is 78.1 Å². The Labute approximate surface area is 218 Å². The smallest absolute Gasteiger partial charge is 0.166 e. The number of carbonyl (C=O) groups excluding carboxylic acids is 1. The number of allylic oxidation sites excluding steroid dienone is 1. The number of halogens is 1. The van der Waals surface area contributed by atoms with Gasteiger partial charge in [0, 0.05) is 42.7 Å². The highest BCUT2D eigenvalue weighted by atomic mass is 19.1. The fourth-order valence-electron chi connectivity index (χ4n) is 5.97. The molecule has 1 unspecified atom stereocenters. The molecule has 1 atom stereocenters. The van der Waals surface area contributed by atoms with Crippen molar-refractivity contribution < 1.29 is 9.18 Å². The highest BCUT2D eigenvalue weighted by Gasteiger charge is 2.33. The molecule has 2 bridgehead atoms. The van der Waals surface area contributed by atoms with E-state index in [0.29, 0.717) is 23.3 Å². The van der Waals surface area contributed by atoms with Gasteiger partial charge in [0.2, 0.25) is 0 Å². The number of hydrogen-bond acceptors (Lipinski definition) is 5. The maximum absolute atomic E-state index is 13.9. The normalized spacial score (nSPS) is 21.2. The lowest BCUT2D eigenvalue weighted by Gasteiger charge is -2.45. The van der Waals surface area contributed by atoms with Gasteiger partial charge in [0.05, 0.1) is 17.0 Å². The van der Waals surface area contributed by atoms with Crippen molar-refractivity contribution in [3.63, 3.8) is 0 Å². The van der Waals surface area contributed by atoms with Crippen LogP contribution in [0.25, 0.3) is 28.0 Å². The van der Waals surface area contributed by atoms with Gasteiger partial charge in [0.15, 0.2) is 5.78 Å². The average Bonchev–Trinajstić information content (AvgIpc) is 2.94. The summed E-state index contributed by atoms with van der Waals surface area (Å²) < 4.78 is 13.9. The molecule has 37 heavy (non-hydrogen) atoms. The highest BCUT2D eigenvalue weighted by molar-refractivity contribution is 6.20. The molecule has 2 N–H and O–H groups in total. The molecule has 2 aromatic heterocycles. The van der Waals surface area contributed by atoms with Gasteiger partial charge < -0.3 is 10.6 Å². The van der Waals surface area contributed by atoms with E-state index in [2.05, 4.69) is 14.9 Å². The van der Waals surface area contributed by atoms with Gasteiger partial charge >= 0.3 is 0 Å². The lowest BCUT2D eigenvalue weighted by molar-refractivity contribution is -0.113. The predicted octanol–water partition coefficient (Wildman–Crippen LogP) is 6.03. The SMILES string of the molecule is Cc1cc(-c2ncccc2-c2ccnc(C(=CN)C(=O)CCCCC3CN4CCC3CC4)c2)ccc1F. The zero-order valence-corrected chi connectivity index (χ0v) is 21.5. The molecule has 3 saturated heterocycles. The number of Topliss-reactive ketones (excluding diaryl/α,β-unsaturated/α-hetero) is 1. The van der Waals surface area contributed by atoms with Gasteiger partial charge in [-0.2, -0.15) is 0 Å². The first-order valence-corrected chi connectivity index (χ1v) is 13.4. The second-order valence-electron chi connectivity index (χ2n) is 10.4. The summed E-state index contributed by atoms with van der Waals surface area (Å²) in [6.07, 6.45) is 11.1. The number of aryl methyl sites for hydroxylation is 1. The zero-order chi connectivity index (χ0) is 25.8. The van der Waals surface area contributed by atoms with Crippen LogP contribution >= 0.6 is 0 Å². The molecule has 6 rings (SSSR count). The molecule has 5 heterocycles. The molecule has 3 fully saturated rings. The Balaban J connectivity index is 1.27. The van der Waals surface area contributed by atoms with Crippen LogP contribution in [0.4, 0.5) is 4.39 Å². The third-order valence-corrected chi connectivity index (χ3v) is 8.07. The number of carbonyl (C=O) groups is 1. The van der Waals surface area contributed by atoms with Gasteiger partial charge in [-0.3, -0.25) is 14.8 Å². The second-order valence-corrected chi connectivity index (χ2v) is 10.4. The molecule has 0 radical (unpaired) electrons. The number of nitrogens with two attached hydrogens (primary N) is 1. The van der Waals surface area contributed by atoms with Crippen LogP contribution in [-0.4, -0.2) is 40.3 Å². The number of ketones is 1. The number of pyridine rings is 2. The van der Waals surface area contributed by atoms with Crippen molar-refractivity contribution in [1.82, 2.24) is 14.9 Å². The molecule has 6 heteroatoms. The Morgan fingerprint density at radius 2 is 1.92 bits per heavy atom. The maximum Gasteiger partial charge on any atom is 0.166 e. The topological polar surface area (TPSA) is 72.1 Å². The highest BCUT2D eigenvalue weighted by Crippen LogP contribution is 2.35. The Kier molecular flexibility index (Phi) is 7.75. The van der Waals surface area contributed by atoms with Crippen LogP contribution in [-0.2, 0) is 4.79 Å². The van der Waals surface area contributed by atoms with E-state index in [1.165, 1.54) is 51.2 Å². The van der Waals surface area contributed by atoms with E-state index in [4.69, 9.17) is 5.73 Å². The molecule has 0 saturated carbocycles. The van der Waals surface area contributed by atoms with Crippen LogP contribution in [0.5, 0.6) is 0 Å². The first kappa shape index (κ1) is 25.3. The molecule has 5 nitrogen and oxygen atoms in total. The number of aromatic nitrogens is 2. The summed E-state index contributed by atoms with van der Waals surface area (Å²) in [7, 11) is 0. The first-order valence-electron chi connectivity index (χ1n) is 13.4. The minimum atomic E-state index is -0.243. The molecule has 0 spiro atoms. The Morgan fingerprint density at radius 1 is 1.08 bits per heavy atom. The maximum atomic E-state index is 13.9. The lowest BCUT2D eigenvalue weighted by atomic mass is 9.76. The van der Waals surface area contributed by atoms with E-state index < -0.39 is 0 Å². The molecule has 3 aromatic rings. The number of fused-ring (bicyclic) bond motifs is 3.